The summed E-state index contributed by atoms with van der Waals surface area (Å²) in [6.07, 6.45) is 7.40. The molecule has 2 aromatic rings. The molecule has 2 N–H and O–H groups in total. The molecule has 2 aliphatic rings. The lowest BCUT2D eigenvalue weighted by Crippen LogP contribution is -2.51. The van der Waals surface area contributed by atoms with Gasteiger partial charge in [-0.15, -0.1) is 0 Å². The molecule has 1 aromatic carbocycles. The molecule has 1 saturated carbocycles. The Balaban J connectivity index is 1.28. The monoisotopic (exact) mass is 342 g/mol. The molecule has 2 heterocycles. The second-order valence-electron chi connectivity index (χ2n) is 7.13. The van der Waals surface area contributed by atoms with Crippen molar-refractivity contribution in [2.45, 2.75) is 43.6 Å². The van der Waals surface area contributed by atoms with Crippen molar-refractivity contribution in [1.82, 2.24) is 20.2 Å². The van der Waals surface area contributed by atoms with E-state index in [1.165, 1.54) is 6.07 Å². The summed E-state index contributed by atoms with van der Waals surface area (Å²) < 4.78 is 13.3. The number of hydrogen-bond donors (Lipinski definition) is 2. The van der Waals surface area contributed by atoms with Gasteiger partial charge < -0.3 is 15.2 Å². The van der Waals surface area contributed by atoms with Gasteiger partial charge in [0.2, 0.25) is 0 Å². The van der Waals surface area contributed by atoms with Crippen LogP contribution in [0.2, 0.25) is 0 Å². The third-order valence-electron chi connectivity index (χ3n) is 5.40. The van der Waals surface area contributed by atoms with Gasteiger partial charge in [0.05, 0.1) is 0 Å². The molecule has 6 heteroatoms. The summed E-state index contributed by atoms with van der Waals surface area (Å²) in [5.41, 5.74) is 1.03. The summed E-state index contributed by atoms with van der Waals surface area (Å²) in [4.78, 5) is 21.9. The first-order valence-corrected chi connectivity index (χ1v) is 8.99. The van der Waals surface area contributed by atoms with Crippen LogP contribution >= 0.6 is 0 Å². The largest absolute Gasteiger partial charge is 0.348 e. The summed E-state index contributed by atoms with van der Waals surface area (Å²) in [7, 11) is 0. The van der Waals surface area contributed by atoms with Crippen LogP contribution in [-0.4, -0.2) is 40.0 Å². The van der Waals surface area contributed by atoms with E-state index in [4.69, 9.17) is 0 Å². The summed E-state index contributed by atoms with van der Waals surface area (Å²) in [5.74, 6) is 1.41. The number of carbonyl (C=O) groups is 1. The van der Waals surface area contributed by atoms with Gasteiger partial charge in [0.25, 0.3) is 0 Å². The van der Waals surface area contributed by atoms with E-state index in [0.717, 1.165) is 43.6 Å². The Kier molecular flexibility index (Phi) is 4.42. The van der Waals surface area contributed by atoms with Crippen LogP contribution in [0.4, 0.5) is 9.18 Å². The third-order valence-corrected chi connectivity index (χ3v) is 5.40. The van der Waals surface area contributed by atoms with Gasteiger partial charge in [0.1, 0.15) is 11.6 Å². The topological polar surface area (TPSA) is 61.0 Å². The quantitative estimate of drug-likeness (QED) is 0.898. The Morgan fingerprint density at radius 3 is 2.96 bits per heavy atom. The number of benzene rings is 1. The van der Waals surface area contributed by atoms with Crippen LogP contribution in [0.1, 0.15) is 48.9 Å². The first-order valence-electron chi connectivity index (χ1n) is 8.99. The predicted octanol–water partition coefficient (Wildman–Crippen LogP) is 3.38. The minimum Gasteiger partial charge on any atom is -0.348 e. The van der Waals surface area contributed by atoms with Crippen molar-refractivity contribution in [3.05, 3.63) is 53.9 Å². The second-order valence-corrected chi connectivity index (χ2v) is 7.13. The van der Waals surface area contributed by atoms with Gasteiger partial charge in [0, 0.05) is 37.4 Å². The lowest BCUT2D eigenvalue weighted by Gasteiger charge is -2.39. The van der Waals surface area contributed by atoms with E-state index in [0.29, 0.717) is 12.5 Å². The fourth-order valence-corrected chi connectivity index (χ4v) is 3.92. The molecule has 1 aliphatic heterocycles. The molecule has 25 heavy (non-hydrogen) atoms. The molecule has 1 saturated heterocycles. The number of halogens is 1. The minimum atomic E-state index is -0.192. The average molecular weight is 342 g/mol. The first-order chi connectivity index (χ1) is 12.2. The van der Waals surface area contributed by atoms with E-state index in [1.807, 2.05) is 17.2 Å². The molecular weight excluding hydrogens is 319 g/mol. The Morgan fingerprint density at radius 2 is 2.20 bits per heavy atom. The van der Waals surface area contributed by atoms with Crippen LogP contribution in [0.3, 0.4) is 0 Å². The lowest BCUT2D eigenvalue weighted by atomic mass is 9.76. The van der Waals surface area contributed by atoms with E-state index >= 15 is 0 Å². The van der Waals surface area contributed by atoms with E-state index in [2.05, 4.69) is 15.3 Å². The number of nitrogens with zero attached hydrogens (tertiary/aromatic N) is 2. The maximum atomic E-state index is 13.3. The number of aromatic amines is 1. The molecule has 132 valence electrons. The van der Waals surface area contributed by atoms with Crippen molar-refractivity contribution in [2.75, 3.05) is 13.1 Å². The van der Waals surface area contributed by atoms with Gasteiger partial charge in [-0.2, -0.15) is 0 Å². The Hall–Kier alpha value is -2.37. The number of H-pyrrole nitrogens is 1. The molecule has 2 fully saturated rings. The molecule has 1 atom stereocenters. The van der Waals surface area contributed by atoms with E-state index in [1.54, 1.807) is 18.3 Å². The van der Waals surface area contributed by atoms with Crippen LogP contribution in [0.5, 0.6) is 0 Å². The summed E-state index contributed by atoms with van der Waals surface area (Å²) in [5, 5.41) is 3.13. The lowest BCUT2D eigenvalue weighted by molar-refractivity contribution is 0.165. The number of piperidine rings is 1. The summed E-state index contributed by atoms with van der Waals surface area (Å²) in [6, 6.07) is 6.97. The molecular formula is C19H23FN4O. The van der Waals surface area contributed by atoms with Crippen molar-refractivity contribution in [1.29, 1.82) is 0 Å². The van der Waals surface area contributed by atoms with Gasteiger partial charge in [-0.3, -0.25) is 0 Å². The number of rotatable bonds is 3. The Morgan fingerprint density at radius 1 is 1.32 bits per heavy atom. The standard InChI is InChI=1S/C19H23FN4O/c20-16-5-1-3-13(9-16)15-10-17(11-15)23-19(25)24-8-2-4-14(12-24)18-21-6-7-22-18/h1,3,5-7,9,14-15,17H,2,4,8,10-12H2,(H,21,22)(H,23,25). The molecule has 1 aromatic heterocycles. The smallest absolute Gasteiger partial charge is 0.317 e. The van der Waals surface area contributed by atoms with Gasteiger partial charge in [-0.1, -0.05) is 12.1 Å². The SMILES string of the molecule is O=C(NC1CC(c2cccc(F)c2)C1)N1CCCC(c2ncc[nH]2)C1. The van der Waals surface area contributed by atoms with Crippen LogP contribution in [0, 0.1) is 5.82 Å². The van der Waals surface area contributed by atoms with Crippen molar-refractivity contribution in [3.63, 3.8) is 0 Å². The number of carbonyl (C=O) groups excluding carboxylic acids is 1. The van der Waals surface area contributed by atoms with Gasteiger partial charge in [-0.25, -0.2) is 14.2 Å². The molecule has 1 aliphatic carbocycles. The molecule has 5 nitrogen and oxygen atoms in total. The highest BCUT2D eigenvalue weighted by Gasteiger charge is 2.33. The van der Waals surface area contributed by atoms with Crippen LogP contribution in [0.15, 0.2) is 36.7 Å². The van der Waals surface area contributed by atoms with Crippen molar-refractivity contribution < 1.29 is 9.18 Å². The number of urea groups is 1. The minimum absolute atomic E-state index is 0.0129. The van der Waals surface area contributed by atoms with Gasteiger partial charge in [-0.05, 0) is 49.3 Å². The molecule has 1 unspecified atom stereocenters. The van der Waals surface area contributed by atoms with E-state index in [-0.39, 0.29) is 23.8 Å². The zero-order valence-corrected chi connectivity index (χ0v) is 14.1. The number of amides is 2. The number of nitrogens with one attached hydrogen (secondary N) is 2. The van der Waals surface area contributed by atoms with E-state index in [9.17, 15) is 9.18 Å². The van der Waals surface area contributed by atoms with Crippen LogP contribution in [-0.2, 0) is 0 Å². The summed E-state index contributed by atoms with van der Waals surface area (Å²) in [6.45, 7) is 1.50. The molecule has 2 amide bonds. The Labute approximate surface area is 146 Å². The fraction of sp³-hybridized carbons (Fsp3) is 0.474. The van der Waals surface area contributed by atoms with Crippen LogP contribution in [0.25, 0.3) is 0 Å². The summed E-state index contributed by atoms with van der Waals surface area (Å²) >= 11 is 0. The van der Waals surface area contributed by atoms with Crippen molar-refractivity contribution in [2.24, 2.45) is 0 Å². The highest BCUT2D eigenvalue weighted by Crippen LogP contribution is 2.37. The molecule has 0 bridgehead atoms. The predicted molar refractivity (Wildman–Crippen MR) is 92.8 cm³/mol. The Bertz CT molecular complexity index is 727. The number of imidazole rings is 1. The normalized spacial score (nSPS) is 26.1. The third kappa shape index (κ3) is 3.52. The maximum absolute atomic E-state index is 13.3. The zero-order chi connectivity index (χ0) is 17.2. The maximum Gasteiger partial charge on any atom is 0.317 e. The van der Waals surface area contributed by atoms with Crippen molar-refractivity contribution in [3.8, 4) is 0 Å². The highest BCUT2D eigenvalue weighted by atomic mass is 19.1. The zero-order valence-electron chi connectivity index (χ0n) is 14.1. The molecule has 0 spiro atoms. The average Bonchev–Trinajstić information content (AvgIpc) is 3.12. The number of hydrogen-bond acceptors (Lipinski definition) is 2. The number of likely N-dealkylation sites (tertiary alicyclic amines) is 1. The van der Waals surface area contributed by atoms with E-state index < -0.39 is 0 Å². The molecule has 0 radical (unpaired) electrons. The first kappa shape index (κ1) is 16.1. The highest BCUT2D eigenvalue weighted by molar-refractivity contribution is 5.75. The second kappa shape index (κ2) is 6.86. The number of aromatic nitrogens is 2. The van der Waals surface area contributed by atoms with Crippen molar-refractivity contribution >= 4 is 6.03 Å². The molecule has 4 rings (SSSR count). The van der Waals surface area contributed by atoms with Crippen LogP contribution < -0.4 is 5.32 Å². The van der Waals surface area contributed by atoms with Gasteiger partial charge in [0.15, 0.2) is 0 Å². The fourth-order valence-electron chi connectivity index (χ4n) is 3.92. The van der Waals surface area contributed by atoms with Gasteiger partial charge >= 0.3 is 6.03 Å².